The van der Waals surface area contributed by atoms with Crippen molar-refractivity contribution in [3.05, 3.63) is 29.3 Å². The third-order valence-electron chi connectivity index (χ3n) is 4.96. The molecule has 26 heavy (non-hydrogen) atoms. The smallest absolute Gasteiger partial charge is 0.335 e. The third kappa shape index (κ3) is 3.73. The molecule has 0 saturated carbocycles. The van der Waals surface area contributed by atoms with Gasteiger partial charge < -0.3 is 14.4 Å². The number of thiazole rings is 1. The zero-order chi connectivity index (χ0) is 17.9. The second kappa shape index (κ2) is 7.72. The third-order valence-corrected chi connectivity index (χ3v) is 6.16. The molecule has 2 aromatic rings. The molecule has 138 valence electrons. The van der Waals surface area contributed by atoms with Crippen molar-refractivity contribution in [2.45, 2.75) is 37.7 Å². The number of rotatable bonds is 4. The second-order valence-corrected chi connectivity index (χ2v) is 7.87. The highest BCUT2D eigenvalue weighted by Crippen LogP contribution is 2.32. The van der Waals surface area contributed by atoms with Crippen LogP contribution in [0.3, 0.4) is 0 Å². The Labute approximate surface area is 156 Å². The van der Waals surface area contributed by atoms with E-state index in [0.717, 1.165) is 29.8 Å². The maximum atomic E-state index is 12.5. The molecule has 0 spiro atoms. The van der Waals surface area contributed by atoms with E-state index >= 15 is 0 Å². The molecule has 2 aliphatic heterocycles. The average Bonchev–Trinajstić information content (AvgIpc) is 3.35. The van der Waals surface area contributed by atoms with Crippen LogP contribution in [-0.4, -0.2) is 54.2 Å². The quantitative estimate of drug-likeness (QED) is 0.770. The summed E-state index contributed by atoms with van der Waals surface area (Å²) in [7, 11) is 0. The molecule has 2 saturated heterocycles. The lowest BCUT2D eigenvalue weighted by Gasteiger charge is -2.31. The van der Waals surface area contributed by atoms with E-state index in [0.29, 0.717) is 26.1 Å². The summed E-state index contributed by atoms with van der Waals surface area (Å²) in [6.45, 7) is 1.72. The number of hydrogen-bond donors (Lipinski definition) is 0. The van der Waals surface area contributed by atoms with Gasteiger partial charge in [-0.25, -0.2) is 9.78 Å². The average molecular weight is 374 g/mol. The molecule has 0 N–H and O–H groups in total. The number of carbonyl (C=O) groups excluding carboxylic acids is 2. The van der Waals surface area contributed by atoms with Crippen LogP contribution in [0.2, 0.25) is 0 Å². The Kier molecular flexibility index (Phi) is 5.17. The van der Waals surface area contributed by atoms with Gasteiger partial charge in [0.15, 0.2) is 12.7 Å². The van der Waals surface area contributed by atoms with E-state index in [1.54, 1.807) is 16.2 Å². The zero-order valence-corrected chi connectivity index (χ0v) is 15.4. The van der Waals surface area contributed by atoms with E-state index in [4.69, 9.17) is 14.5 Å². The fourth-order valence-corrected chi connectivity index (χ4v) is 4.64. The van der Waals surface area contributed by atoms with Crippen LogP contribution in [0.25, 0.3) is 10.2 Å². The fourth-order valence-electron chi connectivity index (χ4n) is 3.55. The van der Waals surface area contributed by atoms with Crippen LogP contribution in [0.5, 0.6) is 0 Å². The molecule has 6 nitrogen and oxygen atoms in total. The molecule has 3 heterocycles. The first kappa shape index (κ1) is 17.4. The van der Waals surface area contributed by atoms with E-state index in [1.165, 1.54) is 4.70 Å². The first-order valence-electron chi connectivity index (χ1n) is 9.12. The van der Waals surface area contributed by atoms with Crippen LogP contribution >= 0.6 is 11.3 Å². The van der Waals surface area contributed by atoms with Crippen molar-refractivity contribution in [3.8, 4) is 0 Å². The van der Waals surface area contributed by atoms with E-state index in [2.05, 4.69) is 6.07 Å². The van der Waals surface area contributed by atoms with E-state index in [-0.39, 0.29) is 18.4 Å². The van der Waals surface area contributed by atoms with Gasteiger partial charge in [0.05, 0.1) is 15.2 Å². The summed E-state index contributed by atoms with van der Waals surface area (Å²) in [5.74, 6) is -0.309. The second-order valence-electron chi connectivity index (χ2n) is 6.81. The highest BCUT2D eigenvalue weighted by atomic mass is 32.1. The Bertz CT molecular complexity index is 767. The van der Waals surface area contributed by atoms with Gasteiger partial charge in [-0.1, -0.05) is 12.1 Å². The molecule has 7 heteroatoms. The molecule has 4 rings (SSSR count). The molecule has 0 aliphatic carbocycles. The summed E-state index contributed by atoms with van der Waals surface area (Å²) < 4.78 is 11.6. The summed E-state index contributed by atoms with van der Waals surface area (Å²) in [6.07, 6.45) is 3.01. The number of benzene rings is 1. The Balaban J connectivity index is 1.35. The summed E-state index contributed by atoms with van der Waals surface area (Å²) >= 11 is 1.70. The molecule has 1 aromatic carbocycles. The van der Waals surface area contributed by atoms with Crippen LogP contribution in [-0.2, 0) is 19.1 Å². The van der Waals surface area contributed by atoms with Gasteiger partial charge in [0.1, 0.15) is 0 Å². The van der Waals surface area contributed by atoms with Crippen molar-refractivity contribution in [2.75, 3.05) is 26.3 Å². The number of aromatic nitrogens is 1. The number of likely N-dealkylation sites (tertiary alicyclic amines) is 1. The van der Waals surface area contributed by atoms with E-state index in [1.807, 2.05) is 18.2 Å². The first-order valence-corrected chi connectivity index (χ1v) is 9.94. The van der Waals surface area contributed by atoms with E-state index < -0.39 is 12.1 Å². The Hall–Kier alpha value is -1.99. The Morgan fingerprint density at radius 1 is 1.27 bits per heavy atom. The molecule has 0 unspecified atom stereocenters. The number of hydrogen-bond acceptors (Lipinski definition) is 6. The number of amides is 1. The number of nitrogens with zero attached hydrogens (tertiary/aromatic N) is 2. The fraction of sp³-hybridized carbons (Fsp3) is 0.526. The standard InChI is InChI=1S/C19H22N2O4S/c22-17(12-25-19(23)15-7-4-10-24-15)21-9-3-5-13(11-21)18-20-14-6-1-2-8-16(14)26-18/h1-2,6,8,13,15H,3-5,7,9-12H2/t13-,15-/m1/s1. The van der Waals surface area contributed by atoms with Crippen LogP contribution < -0.4 is 0 Å². The summed E-state index contributed by atoms with van der Waals surface area (Å²) in [6, 6.07) is 8.10. The SMILES string of the molecule is O=C(OCC(=O)N1CCC[C@@H](c2nc3ccccc3s2)C1)[C@H]1CCCO1. The van der Waals surface area contributed by atoms with Crippen LogP contribution in [0.15, 0.2) is 24.3 Å². The Morgan fingerprint density at radius 2 is 2.15 bits per heavy atom. The number of piperidine rings is 1. The van der Waals surface area contributed by atoms with Crippen molar-refractivity contribution in [2.24, 2.45) is 0 Å². The highest BCUT2D eigenvalue weighted by Gasteiger charge is 2.29. The van der Waals surface area contributed by atoms with Gasteiger partial charge in [0.25, 0.3) is 5.91 Å². The minimum absolute atomic E-state index is 0.137. The van der Waals surface area contributed by atoms with Crippen molar-refractivity contribution in [1.82, 2.24) is 9.88 Å². The van der Waals surface area contributed by atoms with Gasteiger partial charge in [-0.15, -0.1) is 11.3 Å². The summed E-state index contributed by atoms with van der Waals surface area (Å²) in [5.41, 5.74) is 1.02. The van der Waals surface area contributed by atoms with Crippen LogP contribution in [0, 0.1) is 0 Å². The molecular formula is C19H22N2O4S. The number of carbonyl (C=O) groups is 2. The van der Waals surface area contributed by atoms with Crippen molar-refractivity contribution < 1.29 is 19.1 Å². The minimum atomic E-state index is -0.500. The number of esters is 1. The highest BCUT2D eigenvalue weighted by molar-refractivity contribution is 7.18. The maximum Gasteiger partial charge on any atom is 0.335 e. The zero-order valence-electron chi connectivity index (χ0n) is 14.6. The molecule has 1 aromatic heterocycles. The predicted octanol–water partition coefficient (Wildman–Crippen LogP) is 2.72. The first-order chi connectivity index (χ1) is 12.7. The van der Waals surface area contributed by atoms with Crippen LogP contribution in [0.1, 0.15) is 36.6 Å². The summed E-state index contributed by atoms with van der Waals surface area (Å²) in [5, 5.41) is 1.08. The normalized spacial score (nSPS) is 23.3. The topological polar surface area (TPSA) is 68.7 Å². The van der Waals surface area contributed by atoms with Crippen molar-refractivity contribution in [3.63, 3.8) is 0 Å². The molecule has 0 bridgehead atoms. The largest absolute Gasteiger partial charge is 0.454 e. The van der Waals surface area contributed by atoms with Crippen molar-refractivity contribution in [1.29, 1.82) is 0 Å². The van der Waals surface area contributed by atoms with E-state index in [9.17, 15) is 9.59 Å². The number of fused-ring (bicyclic) bond motifs is 1. The Morgan fingerprint density at radius 3 is 2.96 bits per heavy atom. The van der Waals surface area contributed by atoms with Gasteiger partial charge in [-0.3, -0.25) is 4.79 Å². The predicted molar refractivity (Wildman–Crippen MR) is 98.1 cm³/mol. The van der Waals surface area contributed by atoms with Gasteiger partial charge in [0.2, 0.25) is 0 Å². The number of para-hydroxylation sites is 1. The lowest BCUT2D eigenvalue weighted by molar-refractivity contribution is -0.160. The summed E-state index contributed by atoms with van der Waals surface area (Å²) in [4.78, 5) is 30.9. The lowest BCUT2D eigenvalue weighted by atomic mass is 9.99. The van der Waals surface area contributed by atoms with Crippen molar-refractivity contribution >= 4 is 33.4 Å². The molecular weight excluding hydrogens is 352 g/mol. The van der Waals surface area contributed by atoms with Gasteiger partial charge in [0, 0.05) is 25.6 Å². The number of ether oxygens (including phenoxy) is 2. The molecule has 2 fully saturated rings. The monoisotopic (exact) mass is 374 g/mol. The minimum Gasteiger partial charge on any atom is -0.454 e. The molecule has 2 atom stereocenters. The lowest BCUT2D eigenvalue weighted by Crippen LogP contribution is -2.41. The van der Waals surface area contributed by atoms with Gasteiger partial charge in [-0.05, 0) is 37.8 Å². The molecule has 1 amide bonds. The maximum absolute atomic E-state index is 12.5. The van der Waals surface area contributed by atoms with Gasteiger partial charge >= 0.3 is 5.97 Å². The molecule has 0 radical (unpaired) electrons. The van der Waals surface area contributed by atoms with Gasteiger partial charge in [-0.2, -0.15) is 0 Å². The van der Waals surface area contributed by atoms with Crippen LogP contribution in [0.4, 0.5) is 0 Å². The molecule has 2 aliphatic rings.